The molecule has 0 heterocycles. The van der Waals surface area contributed by atoms with Crippen LogP contribution in [-0.2, 0) is 18.5 Å². The number of halogens is 1. The lowest BCUT2D eigenvalue weighted by atomic mass is 9.87. The minimum Gasteiger partial charge on any atom is -0.495 e. The van der Waals surface area contributed by atoms with Crippen molar-refractivity contribution in [1.29, 1.82) is 0 Å². The van der Waals surface area contributed by atoms with E-state index in [1.165, 1.54) is 11.1 Å². The molecule has 0 bridgehead atoms. The van der Waals surface area contributed by atoms with Crippen molar-refractivity contribution in [1.82, 2.24) is 5.32 Å². The molecule has 3 heteroatoms. The van der Waals surface area contributed by atoms with E-state index in [-0.39, 0.29) is 5.41 Å². The predicted octanol–water partition coefficient (Wildman–Crippen LogP) is 4.94. The number of hydrogen-bond donors (Lipinski definition) is 1. The minimum absolute atomic E-state index is 0.200. The van der Waals surface area contributed by atoms with E-state index in [2.05, 4.69) is 50.4 Å². The highest BCUT2D eigenvalue weighted by Crippen LogP contribution is 2.25. The molecule has 2 aromatic carbocycles. The molecular formula is C19H24ClNO. The maximum atomic E-state index is 6.13. The van der Waals surface area contributed by atoms with Crippen LogP contribution < -0.4 is 10.1 Å². The first-order chi connectivity index (χ1) is 10.4. The molecule has 118 valence electrons. The lowest BCUT2D eigenvalue weighted by Crippen LogP contribution is -2.14. The molecule has 1 N–H and O–H groups in total. The number of ether oxygens (including phenoxy) is 1. The van der Waals surface area contributed by atoms with Gasteiger partial charge in [-0.25, -0.2) is 0 Å². The Balaban J connectivity index is 1.90. The fourth-order valence-electron chi connectivity index (χ4n) is 2.29. The van der Waals surface area contributed by atoms with Gasteiger partial charge in [0.15, 0.2) is 0 Å². The molecule has 0 fully saturated rings. The molecule has 0 amide bonds. The second-order valence-electron chi connectivity index (χ2n) is 6.52. The summed E-state index contributed by atoms with van der Waals surface area (Å²) in [4.78, 5) is 0. The SMILES string of the molecule is COc1ccc(CNCc2ccc(C(C)(C)C)cc2)cc1Cl. The largest absolute Gasteiger partial charge is 0.495 e. The molecular weight excluding hydrogens is 294 g/mol. The van der Waals surface area contributed by atoms with Crippen LogP contribution in [0.15, 0.2) is 42.5 Å². The van der Waals surface area contributed by atoms with Gasteiger partial charge in [-0.2, -0.15) is 0 Å². The number of nitrogens with one attached hydrogen (secondary N) is 1. The third-order valence-electron chi connectivity index (χ3n) is 3.69. The smallest absolute Gasteiger partial charge is 0.137 e. The van der Waals surface area contributed by atoms with E-state index in [1.54, 1.807) is 7.11 Å². The Hall–Kier alpha value is -1.51. The van der Waals surface area contributed by atoms with Crippen LogP contribution in [0.25, 0.3) is 0 Å². The highest BCUT2D eigenvalue weighted by Gasteiger charge is 2.12. The van der Waals surface area contributed by atoms with Crippen LogP contribution in [0.5, 0.6) is 5.75 Å². The van der Waals surface area contributed by atoms with Crippen molar-refractivity contribution in [2.24, 2.45) is 0 Å². The summed E-state index contributed by atoms with van der Waals surface area (Å²) in [6.07, 6.45) is 0. The lowest BCUT2D eigenvalue weighted by Gasteiger charge is -2.19. The van der Waals surface area contributed by atoms with E-state index in [4.69, 9.17) is 16.3 Å². The topological polar surface area (TPSA) is 21.3 Å². The van der Waals surface area contributed by atoms with Crippen LogP contribution in [0.2, 0.25) is 5.02 Å². The van der Waals surface area contributed by atoms with Gasteiger partial charge in [-0.1, -0.05) is 62.7 Å². The van der Waals surface area contributed by atoms with Crippen LogP contribution in [0.1, 0.15) is 37.5 Å². The van der Waals surface area contributed by atoms with E-state index in [9.17, 15) is 0 Å². The maximum Gasteiger partial charge on any atom is 0.137 e. The molecule has 2 rings (SSSR count). The van der Waals surface area contributed by atoms with Crippen LogP contribution in [0.3, 0.4) is 0 Å². The summed E-state index contributed by atoms with van der Waals surface area (Å²) in [5.74, 6) is 0.711. The average Bonchev–Trinajstić information content (AvgIpc) is 2.47. The summed E-state index contributed by atoms with van der Waals surface area (Å²) in [5.41, 5.74) is 3.99. The summed E-state index contributed by atoms with van der Waals surface area (Å²) in [6, 6.07) is 14.7. The molecule has 0 saturated heterocycles. The van der Waals surface area contributed by atoms with Gasteiger partial charge in [0.1, 0.15) is 5.75 Å². The first-order valence-electron chi connectivity index (χ1n) is 7.52. The van der Waals surface area contributed by atoms with Gasteiger partial charge in [0.05, 0.1) is 12.1 Å². The third kappa shape index (κ3) is 4.49. The second-order valence-corrected chi connectivity index (χ2v) is 6.93. The Morgan fingerprint density at radius 3 is 2.09 bits per heavy atom. The van der Waals surface area contributed by atoms with Crippen LogP contribution in [-0.4, -0.2) is 7.11 Å². The molecule has 0 aromatic heterocycles. The molecule has 0 spiro atoms. The number of hydrogen-bond acceptors (Lipinski definition) is 2. The standard InChI is InChI=1S/C19H24ClNO/c1-19(2,3)16-8-5-14(6-9-16)12-21-13-15-7-10-18(22-4)17(20)11-15/h5-11,21H,12-13H2,1-4H3. The number of rotatable bonds is 5. The van der Waals surface area contributed by atoms with Crippen molar-refractivity contribution in [3.63, 3.8) is 0 Å². The second kappa shape index (κ2) is 7.17. The monoisotopic (exact) mass is 317 g/mol. The van der Waals surface area contributed by atoms with Gasteiger partial charge in [-0.15, -0.1) is 0 Å². The van der Waals surface area contributed by atoms with Crippen LogP contribution in [0.4, 0.5) is 0 Å². The highest BCUT2D eigenvalue weighted by atomic mass is 35.5. The van der Waals surface area contributed by atoms with E-state index in [1.807, 2.05) is 18.2 Å². The van der Waals surface area contributed by atoms with Gasteiger partial charge in [0.2, 0.25) is 0 Å². The van der Waals surface area contributed by atoms with E-state index >= 15 is 0 Å². The molecule has 22 heavy (non-hydrogen) atoms. The molecule has 0 saturated carbocycles. The van der Waals surface area contributed by atoms with Gasteiger partial charge in [0.25, 0.3) is 0 Å². The van der Waals surface area contributed by atoms with E-state index in [0.29, 0.717) is 10.8 Å². The predicted molar refractivity (Wildman–Crippen MR) is 93.7 cm³/mol. The molecule has 2 aromatic rings. The molecule has 0 unspecified atom stereocenters. The van der Waals surface area contributed by atoms with E-state index < -0.39 is 0 Å². The first kappa shape index (κ1) is 16.9. The summed E-state index contributed by atoms with van der Waals surface area (Å²) >= 11 is 6.13. The van der Waals surface area contributed by atoms with Gasteiger partial charge in [0, 0.05) is 13.1 Å². The number of methoxy groups -OCH3 is 1. The normalized spacial score (nSPS) is 11.5. The summed E-state index contributed by atoms with van der Waals surface area (Å²) < 4.78 is 5.16. The number of benzene rings is 2. The summed E-state index contributed by atoms with van der Waals surface area (Å²) in [6.45, 7) is 8.31. The first-order valence-corrected chi connectivity index (χ1v) is 7.90. The Kier molecular flexibility index (Phi) is 5.49. The molecule has 0 aliphatic rings. The zero-order valence-electron chi connectivity index (χ0n) is 13.7. The highest BCUT2D eigenvalue weighted by molar-refractivity contribution is 6.32. The Bertz CT molecular complexity index is 614. The summed E-state index contributed by atoms with van der Waals surface area (Å²) in [5, 5.41) is 4.09. The zero-order chi connectivity index (χ0) is 16.2. The van der Waals surface area contributed by atoms with E-state index in [0.717, 1.165) is 18.7 Å². The Labute approximate surface area is 138 Å². The molecule has 0 aliphatic carbocycles. The van der Waals surface area contributed by atoms with Gasteiger partial charge < -0.3 is 10.1 Å². The fraction of sp³-hybridized carbons (Fsp3) is 0.368. The Morgan fingerprint density at radius 1 is 0.955 bits per heavy atom. The lowest BCUT2D eigenvalue weighted by molar-refractivity contribution is 0.415. The molecule has 0 aliphatic heterocycles. The van der Waals surface area contributed by atoms with Crippen molar-refractivity contribution < 1.29 is 4.74 Å². The van der Waals surface area contributed by atoms with Gasteiger partial charge in [-0.3, -0.25) is 0 Å². The van der Waals surface area contributed by atoms with Crippen molar-refractivity contribution in [2.45, 2.75) is 39.3 Å². The molecule has 2 nitrogen and oxygen atoms in total. The van der Waals surface area contributed by atoms with Crippen molar-refractivity contribution in [3.8, 4) is 5.75 Å². The van der Waals surface area contributed by atoms with Gasteiger partial charge >= 0.3 is 0 Å². The Morgan fingerprint density at radius 2 is 1.55 bits per heavy atom. The maximum absolute atomic E-state index is 6.13. The zero-order valence-corrected chi connectivity index (χ0v) is 14.5. The average molecular weight is 318 g/mol. The van der Waals surface area contributed by atoms with Crippen LogP contribution >= 0.6 is 11.6 Å². The fourth-order valence-corrected chi connectivity index (χ4v) is 2.57. The van der Waals surface area contributed by atoms with Gasteiger partial charge in [-0.05, 0) is 34.2 Å². The third-order valence-corrected chi connectivity index (χ3v) is 3.99. The summed E-state index contributed by atoms with van der Waals surface area (Å²) in [7, 11) is 1.63. The van der Waals surface area contributed by atoms with Crippen molar-refractivity contribution in [3.05, 3.63) is 64.2 Å². The molecule has 0 atom stereocenters. The minimum atomic E-state index is 0.200. The van der Waals surface area contributed by atoms with Crippen LogP contribution in [0, 0.1) is 0 Å². The molecule has 0 radical (unpaired) electrons. The van der Waals surface area contributed by atoms with Crippen molar-refractivity contribution >= 4 is 11.6 Å². The van der Waals surface area contributed by atoms with Crippen molar-refractivity contribution in [2.75, 3.05) is 7.11 Å². The quantitative estimate of drug-likeness (QED) is 0.843.